The summed E-state index contributed by atoms with van der Waals surface area (Å²) in [7, 11) is 1.68. The maximum Gasteiger partial charge on any atom is 0.226 e. The van der Waals surface area contributed by atoms with Gasteiger partial charge in [-0.1, -0.05) is 41.6 Å². The number of hydrogen-bond donors (Lipinski definition) is 0. The molecule has 0 radical (unpaired) electrons. The van der Waals surface area contributed by atoms with E-state index in [2.05, 4.69) is 15.2 Å². The molecule has 0 aliphatic heterocycles. The van der Waals surface area contributed by atoms with Crippen molar-refractivity contribution >= 4 is 23.4 Å². The van der Waals surface area contributed by atoms with E-state index in [0.29, 0.717) is 41.2 Å². The number of nitrogens with zero attached hydrogens (tertiary/aromatic N) is 4. The average Bonchev–Trinajstić information content (AvgIpc) is 3.40. The molecule has 6 nitrogen and oxygen atoms in total. The lowest BCUT2D eigenvalue weighted by Gasteiger charge is -2.10. The van der Waals surface area contributed by atoms with Crippen molar-refractivity contribution in [3.05, 3.63) is 71.3 Å². The van der Waals surface area contributed by atoms with E-state index < -0.39 is 0 Å². The molecule has 9 heteroatoms. The number of oxazole rings is 1. The summed E-state index contributed by atoms with van der Waals surface area (Å²) in [5.74, 6) is 1.30. The second-order valence-electron chi connectivity index (χ2n) is 6.73. The largest absolute Gasteiger partial charge is 0.444 e. The van der Waals surface area contributed by atoms with Gasteiger partial charge in [-0.25, -0.2) is 9.37 Å². The Morgan fingerprint density at radius 3 is 2.84 bits per heavy atom. The number of ether oxygens (including phenoxy) is 1. The van der Waals surface area contributed by atoms with Crippen molar-refractivity contribution in [2.75, 3.05) is 13.7 Å². The molecule has 4 rings (SSSR count). The lowest BCUT2D eigenvalue weighted by molar-refractivity contribution is 0.189. The van der Waals surface area contributed by atoms with Gasteiger partial charge in [-0.3, -0.25) is 0 Å². The van der Waals surface area contributed by atoms with Crippen molar-refractivity contribution in [1.29, 1.82) is 0 Å². The second kappa shape index (κ2) is 10.1. The summed E-state index contributed by atoms with van der Waals surface area (Å²) in [5, 5.41) is 10.1. The zero-order valence-corrected chi connectivity index (χ0v) is 18.4. The number of rotatable bonds is 9. The van der Waals surface area contributed by atoms with E-state index in [0.717, 1.165) is 22.8 Å². The summed E-state index contributed by atoms with van der Waals surface area (Å²) in [6.45, 7) is 1.32. The van der Waals surface area contributed by atoms with E-state index in [9.17, 15) is 4.39 Å². The van der Waals surface area contributed by atoms with Gasteiger partial charge in [0.05, 0.1) is 10.7 Å². The molecule has 0 atom stereocenters. The van der Waals surface area contributed by atoms with Crippen LogP contribution >= 0.6 is 23.4 Å². The lowest BCUT2D eigenvalue weighted by Crippen LogP contribution is -2.05. The Bertz CT molecular complexity index is 1160. The van der Waals surface area contributed by atoms with Gasteiger partial charge in [0.25, 0.3) is 0 Å². The molecule has 0 spiro atoms. The van der Waals surface area contributed by atoms with Gasteiger partial charge in [-0.05, 0) is 36.8 Å². The van der Waals surface area contributed by atoms with Gasteiger partial charge in [0.1, 0.15) is 12.1 Å². The molecule has 4 aromatic rings. The van der Waals surface area contributed by atoms with Crippen LogP contribution in [-0.2, 0) is 17.0 Å². The monoisotopic (exact) mass is 458 g/mol. The first-order chi connectivity index (χ1) is 15.2. The average molecular weight is 459 g/mol. The maximum absolute atomic E-state index is 13.5. The summed E-state index contributed by atoms with van der Waals surface area (Å²) < 4.78 is 26.2. The van der Waals surface area contributed by atoms with E-state index in [1.54, 1.807) is 25.5 Å². The molecule has 160 valence electrons. The highest BCUT2D eigenvalue weighted by Gasteiger charge is 2.17. The molecule has 0 saturated carbocycles. The first-order valence-electron chi connectivity index (χ1n) is 9.66. The Morgan fingerprint density at radius 1 is 1.16 bits per heavy atom. The minimum atomic E-state index is -0.331. The third-order valence-corrected chi connectivity index (χ3v) is 5.86. The van der Waals surface area contributed by atoms with Gasteiger partial charge in [-0.2, -0.15) is 0 Å². The van der Waals surface area contributed by atoms with Gasteiger partial charge >= 0.3 is 0 Å². The normalized spacial score (nSPS) is 11.2. The van der Waals surface area contributed by atoms with Gasteiger partial charge in [0.2, 0.25) is 5.89 Å². The zero-order chi connectivity index (χ0) is 21.6. The molecule has 2 aromatic heterocycles. The highest BCUT2D eigenvalue weighted by Crippen LogP contribution is 2.31. The smallest absolute Gasteiger partial charge is 0.226 e. The van der Waals surface area contributed by atoms with Gasteiger partial charge in [0.15, 0.2) is 11.0 Å². The summed E-state index contributed by atoms with van der Waals surface area (Å²) in [4.78, 5) is 4.47. The fraction of sp³-hybridized carbons (Fsp3) is 0.227. The van der Waals surface area contributed by atoms with Gasteiger partial charge in [0, 0.05) is 37.1 Å². The third-order valence-electron chi connectivity index (χ3n) is 4.53. The van der Waals surface area contributed by atoms with Crippen LogP contribution in [0.2, 0.25) is 5.02 Å². The maximum atomic E-state index is 13.5. The minimum absolute atomic E-state index is 0.331. The molecule has 31 heavy (non-hydrogen) atoms. The number of halogens is 2. The molecule has 2 heterocycles. The number of thioether (sulfide) groups is 1. The molecule has 0 fully saturated rings. The Kier molecular flexibility index (Phi) is 7.01. The van der Waals surface area contributed by atoms with Crippen LogP contribution in [0.5, 0.6) is 0 Å². The number of aromatic nitrogens is 4. The molecular formula is C22H20ClFN4O2S. The van der Waals surface area contributed by atoms with Crippen LogP contribution in [0.25, 0.3) is 22.8 Å². The van der Waals surface area contributed by atoms with Crippen molar-refractivity contribution in [2.24, 2.45) is 0 Å². The molecule has 0 N–H and O–H groups in total. The molecule has 2 aromatic carbocycles. The fourth-order valence-electron chi connectivity index (χ4n) is 3.07. The van der Waals surface area contributed by atoms with Crippen LogP contribution in [0.3, 0.4) is 0 Å². The first kappa shape index (κ1) is 21.5. The Hall–Kier alpha value is -2.68. The van der Waals surface area contributed by atoms with Crippen molar-refractivity contribution in [3.63, 3.8) is 0 Å². The van der Waals surface area contributed by atoms with E-state index in [1.807, 2.05) is 28.8 Å². The lowest BCUT2D eigenvalue weighted by atomic mass is 10.2. The van der Waals surface area contributed by atoms with Crippen molar-refractivity contribution in [1.82, 2.24) is 19.7 Å². The van der Waals surface area contributed by atoms with Crippen molar-refractivity contribution in [3.8, 4) is 22.8 Å². The molecule has 0 unspecified atom stereocenters. The van der Waals surface area contributed by atoms with E-state index in [-0.39, 0.29) is 5.82 Å². The van der Waals surface area contributed by atoms with Crippen molar-refractivity contribution in [2.45, 2.75) is 23.9 Å². The fourth-order valence-corrected chi connectivity index (χ4v) is 4.13. The minimum Gasteiger partial charge on any atom is -0.444 e. The number of benzene rings is 2. The van der Waals surface area contributed by atoms with E-state index >= 15 is 0 Å². The number of methoxy groups -OCH3 is 1. The Balaban J connectivity index is 1.54. The predicted molar refractivity (Wildman–Crippen MR) is 118 cm³/mol. The van der Waals surface area contributed by atoms with Gasteiger partial charge < -0.3 is 13.7 Å². The Morgan fingerprint density at radius 2 is 2.03 bits per heavy atom. The molecule has 0 amide bonds. The summed E-state index contributed by atoms with van der Waals surface area (Å²) in [6, 6.07) is 13.7. The molecule has 0 saturated heterocycles. The van der Waals surface area contributed by atoms with E-state index in [1.165, 1.54) is 23.9 Å². The highest BCUT2D eigenvalue weighted by molar-refractivity contribution is 7.98. The Labute approximate surface area is 188 Å². The molecule has 0 aliphatic rings. The summed E-state index contributed by atoms with van der Waals surface area (Å²) in [5.41, 5.74) is 2.16. The second-order valence-corrected chi connectivity index (χ2v) is 8.08. The van der Waals surface area contributed by atoms with Crippen LogP contribution in [0.15, 0.2) is 64.4 Å². The predicted octanol–water partition coefficient (Wildman–Crippen LogP) is 5.72. The third kappa shape index (κ3) is 5.15. The SMILES string of the molecule is COCCCn1c(SCc2coc(-c3cccc(F)c3)n2)nnc1-c1ccccc1Cl. The van der Waals surface area contributed by atoms with Crippen LogP contribution in [0.4, 0.5) is 4.39 Å². The summed E-state index contributed by atoms with van der Waals surface area (Å²) in [6.07, 6.45) is 2.39. The molecule has 0 bridgehead atoms. The topological polar surface area (TPSA) is 66.0 Å². The van der Waals surface area contributed by atoms with Crippen molar-refractivity contribution < 1.29 is 13.5 Å². The highest BCUT2D eigenvalue weighted by atomic mass is 35.5. The van der Waals surface area contributed by atoms with Crippen LogP contribution in [0, 0.1) is 5.82 Å². The zero-order valence-electron chi connectivity index (χ0n) is 16.8. The van der Waals surface area contributed by atoms with Crippen LogP contribution in [-0.4, -0.2) is 33.5 Å². The number of hydrogen-bond acceptors (Lipinski definition) is 6. The molecule has 0 aliphatic carbocycles. The molecular weight excluding hydrogens is 439 g/mol. The van der Waals surface area contributed by atoms with Crippen LogP contribution < -0.4 is 0 Å². The van der Waals surface area contributed by atoms with E-state index in [4.69, 9.17) is 20.8 Å². The standard InChI is InChI=1S/C22H20ClFN4O2S/c1-29-11-5-10-28-20(18-8-2-3-9-19(18)23)26-27-22(28)31-14-17-13-30-21(25-17)15-6-4-7-16(24)12-15/h2-4,6-9,12-13H,5,10-11,14H2,1H3. The quantitative estimate of drug-likeness (QED) is 0.236. The van der Waals surface area contributed by atoms with Crippen LogP contribution in [0.1, 0.15) is 12.1 Å². The summed E-state index contributed by atoms with van der Waals surface area (Å²) >= 11 is 7.88. The van der Waals surface area contributed by atoms with Gasteiger partial charge in [-0.15, -0.1) is 10.2 Å². The first-order valence-corrected chi connectivity index (χ1v) is 11.0.